The molecule has 0 aliphatic carbocycles. The lowest BCUT2D eigenvalue weighted by Gasteiger charge is -2.10. The number of carbonyl (C=O) groups excluding carboxylic acids is 2. The molecule has 0 bridgehead atoms. The highest BCUT2D eigenvalue weighted by Gasteiger charge is 2.07. The molecule has 2 aromatic rings. The summed E-state index contributed by atoms with van der Waals surface area (Å²) < 4.78 is 5.95. The monoisotopic (exact) mass is 397 g/mol. The number of hydrogen-bond acceptors (Lipinski definition) is 3. The number of nitrogens with one attached hydrogen (secondary N) is 3. The Kier molecular flexibility index (Phi) is 6.25. The Morgan fingerprint density at radius 1 is 1.09 bits per heavy atom. The van der Waals surface area contributed by atoms with Crippen molar-refractivity contribution in [3.63, 3.8) is 0 Å². The maximum absolute atomic E-state index is 11.6. The van der Waals surface area contributed by atoms with E-state index in [-0.39, 0.29) is 6.61 Å². The van der Waals surface area contributed by atoms with Crippen LogP contribution in [0, 0.1) is 0 Å². The van der Waals surface area contributed by atoms with E-state index in [2.05, 4.69) is 32.1 Å². The Bertz CT molecular complexity index is 698. The third-order valence-electron chi connectivity index (χ3n) is 2.60. The molecule has 0 spiro atoms. The number of carbonyl (C=O) groups is 2. The van der Waals surface area contributed by atoms with Gasteiger partial charge in [-0.15, -0.1) is 0 Å². The molecule has 0 fully saturated rings. The van der Waals surface area contributed by atoms with Crippen molar-refractivity contribution in [2.75, 3.05) is 11.9 Å². The van der Waals surface area contributed by atoms with Crippen molar-refractivity contribution < 1.29 is 14.3 Å². The van der Waals surface area contributed by atoms with Gasteiger partial charge in [0.2, 0.25) is 0 Å². The second-order valence-electron chi connectivity index (χ2n) is 4.36. The van der Waals surface area contributed by atoms with Gasteiger partial charge in [-0.1, -0.05) is 29.8 Å². The van der Waals surface area contributed by atoms with E-state index in [4.69, 9.17) is 16.3 Å². The highest BCUT2D eigenvalue weighted by molar-refractivity contribution is 9.10. The zero-order valence-corrected chi connectivity index (χ0v) is 14.1. The molecule has 23 heavy (non-hydrogen) atoms. The van der Waals surface area contributed by atoms with Crippen molar-refractivity contribution in [3.05, 3.63) is 58.0 Å². The predicted molar refractivity (Wildman–Crippen MR) is 91.4 cm³/mol. The molecule has 2 aromatic carbocycles. The largest absolute Gasteiger partial charge is 0.483 e. The fourth-order valence-electron chi connectivity index (χ4n) is 1.58. The lowest BCUT2D eigenvalue weighted by atomic mass is 10.3. The van der Waals surface area contributed by atoms with Gasteiger partial charge >= 0.3 is 6.03 Å². The summed E-state index contributed by atoms with van der Waals surface area (Å²) in [5, 5.41) is 3.11. The van der Waals surface area contributed by atoms with E-state index < -0.39 is 11.9 Å². The number of anilines is 1. The minimum atomic E-state index is -0.558. The first kappa shape index (κ1) is 17.1. The molecule has 0 heterocycles. The van der Waals surface area contributed by atoms with Crippen molar-refractivity contribution in [2.24, 2.45) is 0 Å². The topological polar surface area (TPSA) is 79.5 Å². The summed E-state index contributed by atoms with van der Waals surface area (Å²) in [4.78, 5) is 23.2. The lowest BCUT2D eigenvalue weighted by molar-refractivity contribution is -0.123. The number of hydrogen-bond donors (Lipinski definition) is 3. The van der Waals surface area contributed by atoms with E-state index in [0.29, 0.717) is 20.9 Å². The molecule has 0 unspecified atom stereocenters. The molecule has 2 rings (SSSR count). The molecule has 0 saturated heterocycles. The van der Waals surface area contributed by atoms with E-state index in [9.17, 15) is 9.59 Å². The Labute approximate surface area is 146 Å². The minimum absolute atomic E-state index is 0.258. The van der Waals surface area contributed by atoms with Gasteiger partial charge < -0.3 is 10.1 Å². The lowest BCUT2D eigenvalue weighted by Crippen LogP contribution is -2.45. The predicted octanol–water partition coefficient (Wildman–Crippen LogP) is 3.33. The zero-order chi connectivity index (χ0) is 16.7. The van der Waals surface area contributed by atoms with Crippen LogP contribution in [-0.4, -0.2) is 18.5 Å². The summed E-state index contributed by atoms with van der Waals surface area (Å²) in [5.74, 6) is -0.0339. The minimum Gasteiger partial charge on any atom is -0.483 e. The Hall–Kier alpha value is -2.25. The van der Waals surface area contributed by atoms with Crippen LogP contribution in [0.5, 0.6) is 5.75 Å². The van der Waals surface area contributed by atoms with Gasteiger partial charge in [-0.3, -0.25) is 10.2 Å². The summed E-state index contributed by atoms with van der Waals surface area (Å²) in [6.07, 6.45) is 0. The number of amides is 3. The van der Waals surface area contributed by atoms with Crippen molar-refractivity contribution in [1.29, 1.82) is 0 Å². The number of benzene rings is 2. The van der Waals surface area contributed by atoms with Crippen molar-refractivity contribution in [1.82, 2.24) is 10.9 Å². The standard InChI is InChI=1S/C15H13BrClN3O3/c16-12-8-10(17)6-7-13(12)23-9-14(21)19-20-15(22)18-11-4-2-1-3-5-11/h1-8H,9H2,(H,19,21)(H2,18,20,22). The molecular formula is C15H13BrClN3O3. The molecule has 3 amide bonds. The van der Waals surface area contributed by atoms with Crippen LogP contribution in [0.25, 0.3) is 0 Å². The van der Waals surface area contributed by atoms with E-state index in [1.807, 2.05) is 6.07 Å². The van der Waals surface area contributed by atoms with Gasteiger partial charge in [-0.2, -0.15) is 0 Å². The summed E-state index contributed by atoms with van der Waals surface area (Å²) in [6, 6.07) is 13.2. The van der Waals surface area contributed by atoms with Gasteiger partial charge in [0.1, 0.15) is 5.75 Å². The van der Waals surface area contributed by atoms with Crippen LogP contribution in [-0.2, 0) is 4.79 Å². The molecular weight excluding hydrogens is 386 g/mol. The maximum Gasteiger partial charge on any atom is 0.337 e. The van der Waals surface area contributed by atoms with E-state index in [1.165, 1.54) is 0 Å². The average molecular weight is 399 g/mol. The van der Waals surface area contributed by atoms with Crippen LogP contribution in [0.1, 0.15) is 0 Å². The normalized spacial score (nSPS) is 9.83. The summed E-state index contributed by atoms with van der Waals surface area (Å²) in [6.45, 7) is -0.258. The summed E-state index contributed by atoms with van der Waals surface area (Å²) in [5.41, 5.74) is 5.08. The molecule has 0 aliphatic rings. The van der Waals surface area contributed by atoms with Gasteiger partial charge in [0, 0.05) is 10.7 Å². The van der Waals surface area contributed by atoms with Gasteiger partial charge in [-0.25, -0.2) is 10.2 Å². The van der Waals surface area contributed by atoms with Crippen molar-refractivity contribution >= 4 is 45.2 Å². The van der Waals surface area contributed by atoms with Crippen LogP contribution in [0.15, 0.2) is 53.0 Å². The van der Waals surface area contributed by atoms with Crippen molar-refractivity contribution in [2.45, 2.75) is 0 Å². The smallest absolute Gasteiger partial charge is 0.337 e. The zero-order valence-electron chi connectivity index (χ0n) is 11.8. The molecule has 0 radical (unpaired) electrons. The summed E-state index contributed by atoms with van der Waals surface area (Å²) in [7, 11) is 0. The molecule has 6 nitrogen and oxygen atoms in total. The fourth-order valence-corrected chi connectivity index (χ4v) is 2.38. The van der Waals surface area contributed by atoms with Crippen LogP contribution in [0.4, 0.5) is 10.5 Å². The van der Waals surface area contributed by atoms with E-state index >= 15 is 0 Å². The Balaban J connectivity index is 1.73. The number of halogens is 2. The first-order chi connectivity index (χ1) is 11.0. The van der Waals surface area contributed by atoms with E-state index in [1.54, 1.807) is 42.5 Å². The van der Waals surface area contributed by atoms with Crippen molar-refractivity contribution in [3.8, 4) is 5.75 Å². The number of ether oxygens (including phenoxy) is 1. The quantitative estimate of drug-likeness (QED) is 0.691. The van der Waals surface area contributed by atoms with Gasteiger partial charge in [0.05, 0.1) is 4.47 Å². The van der Waals surface area contributed by atoms with Crippen LogP contribution < -0.4 is 20.9 Å². The van der Waals surface area contributed by atoms with Crippen LogP contribution in [0.3, 0.4) is 0 Å². The Morgan fingerprint density at radius 2 is 1.83 bits per heavy atom. The SMILES string of the molecule is O=C(COc1ccc(Cl)cc1Br)NNC(=O)Nc1ccccc1. The van der Waals surface area contributed by atoms with Crippen LogP contribution in [0.2, 0.25) is 5.02 Å². The molecule has 0 saturated carbocycles. The Morgan fingerprint density at radius 3 is 2.52 bits per heavy atom. The highest BCUT2D eigenvalue weighted by atomic mass is 79.9. The van der Waals surface area contributed by atoms with Gasteiger partial charge in [-0.05, 0) is 46.3 Å². The maximum atomic E-state index is 11.6. The number of urea groups is 1. The second kappa shape index (κ2) is 8.40. The van der Waals surface area contributed by atoms with Gasteiger partial charge in [0.25, 0.3) is 5.91 Å². The third kappa shape index (κ3) is 5.80. The molecule has 8 heteroatoms. The van der Waals surface area contributed by atoms with E-state index in [0.717, 1.165) is 0 Å². The molecule has 120 valence electrons. The number of para-hydroxylation sites is 1. The molecule has 0 aromatic heterocycles. The van der Waals surface area contributed by atoms with Crippen LogP contribution >= 0.6 is 27.5 Å². The molecule has 0 aliphatic heterocycles. The summed E-state index contributed by atoms with van der Waals surface area (Å²) >= 11 is 9.09. The highest BCUT2D eigenvalue weighted by Crippen LogP contribution is 2.27. The average Bonchev–Trinajstić information content (AvgIpc) is 2.53. The fraction of sp³-hybridized carbons (Fsp3) is 0.0667. The van der Waals surface area contributed by atoms with Gasteiger partial charge in [0.15, 0.2) is 6.61 Å². The first-order valence-electron chi connectivity index (χ1n) is 6.53. The molecule has 3 N–H and O–H groups in total. The third-order valence-corrected chi connectivity index (χ3v) is 3.45. The number of rotatable bonds is 4. The first-order valence-corrected chi connectivity index (χ1v) is 7.70. The second-order valence-corrected chi connectivity index (χ2v) is 5.65. The number of hydrazine groups is 1. The molecule has 0 atom stereocenters.